The van der Waals surface area contributed by atoms with Crippen LogP contribution in [0.5, 0.6) is 0 Å². The minimum Gasteiger partial charge on any atom is -0.424 e. The van der Waals surface area contributed by atoms with Crippen molar-refractivity contribution < 1.29 is 9.21 Å². The predicted molar refractivity (Wildman–Crippen MR) is 182 cm³/mol. The number of rotatable bonds is 7. The number of hydrogen-bond acceptors (Lipinski definition) is 12. The van der Waals surface area contributed by atoms with Gasteiger partial charge in [-0.2, -0.15) is 10.1 Å². The number of oxazole rings is 1. The SMILES string of the molecule is CCCN1CCN(c2ncc(C(=O)N3CCc4cc(Cn5nc(-c6ccc7oc(N)nc7c6)c6c(N)ncnc65)ccc4C3)cn2)CC1. The predicted octanol–water partition coefficient (Wildman–Crippen LogP) is 3.37. The lowest BCUT2D eigenvalue weighted by atomic mass is 9.97. The molecule has 6 aromatic rings. The van der Waals surface area contributed by atoms with E-state index in [1.54, 1.807) is 12.4 Å². The van der Waals surface area contributed by atoms with E-state index < -0.39 is 0 Å². The Kier molecular flexibility index (Phi) is 7.56. The standard InChI is InChI=1S/C34H36N12O2/c1-2-8-43-10-12-44(13-11-43)34-37-16-25(17-38-34)32(47)45-9-7-22-14-21(3-4-24(22)19-45)18-46-31-28(30(35)39-20-40-31)29(42-46)23-5-6-27-26(15-23)41-33(36)48-27/h3-6,14-17,20H,2,7-13,18-19H2,1H3,(H2,36,41)(H2,35,39,40). The monoisotopic (exact) mass is 644 g/mol. The van der Waals surface area contributed by atoms with E-state index in [-0.39, 0.29) is 11.9 Å². The van der Waals surface area contributed by atoms with Crippen LogP contribution in [0.15, 0.2) is 59.5 Å². The van der Waals surface area contributed by atoms with Gasteiger partial charge in [0.1, 0.15) is 23.4 Å². The van der Waals surface area contributed by atoms with Crippen molar-refractivity contribution in [3.63, 3.8) is 0 Å². The molecule has 244 valence electrons. The average Bonchev–Trinajstić information content (AvgIpc) is 3.68. The highest BCUT2D eigenvalue weighted by Crippen LogP contribution is 2.33. The molecule has 0 unspecified atom stereocenters. The molecular formula is C34H36N12O2. The first kappa shape index (κ1) is 29.8. The van der Waals surface area contributed by atoms with Gasteiger partial charge in [-0.1, -0.05) is 25.1 Å². The normalized spacial score (nSPS) is 15.4. The Balaban J connectivity index is 0.975. The van der Waals surface area contributed by atoms with Crippen molar-refractivity contribution in [2.24, 2.45) is 0 Å². The van der Waals surface area contributed by atoms with Gasteiger partial charge in [0, 0.05) is 57.2 Å². The van der Waals surface area contributed by atoms with Gasteiger partial charge in [0.25, 0.3) is 11.9 Å². The fourth-order valence-electron chi connectivity index (χ4n) is 6.75. The molecule has 2 aliphatic heterocycles. The van der Waals surface area contributed by atoms with Gasteiger partial charge in [0.05, 0.1) is 17.5 Å². The van der Waals surface area contributed by atoms with Gasteiger partial charge in [0.2, 0.25) is 5.95 Å². The van der Waals surface area contributed by atoms with Crippen LogP contribution in [0.4, 0.5) is 17.8 Å². The largest absolute Gasteiger partial charge is 0.424 e. The third-order valence-electron chi connectivity index (χ3n) is 9.22. The van der Waals surface area contributed by atoms with Crippen molar-refractivity contribution in [1.29, 1.82) is 0 Å². The van der Waals surface area contributed by atoms with Crippen LogP contribution in [-0.2, 0) is 19.5 Å². The molecule has 0 aliphatic carbocycles. The molecule has 0 saturated carbocycles. The van der Waals surface area contributed by atoms with Crippen molar-refractivity contribution >= 4 is 45.8 Å². The lowest BCUT2D eigenvalue weighted by Gasteiger charge is -2.34. The number of hydrogen-bond donors (Lipinski definition) is 2. The van der Waals surface area contributed by atoms with E-state index in [4.69, 9.17) is 21.0 Å². The highest BCUT2D eigenvalue weighted by atomic mass is 16.4. The number of fused-ring (bicyclic) bond motifs is 3. The van der Waals surface area contributed by atoms with Crippen molar-refractivity contribution in [2.45, 2.75) is 32.9 Å². The van der Waals surface area contributed by atoms with Crippen LogP contribution in [-0.4, -0.2) is 89.7 Å². The zero-order chi connectivity index (χ0) is 32.8. The van der Waals surface area contributed by atoms with Crippen molar-refractivity contribution in [3.8, 4) is 11.3 Å². The van der Waals surface area contributed by atoms with Gasteiger partial charge in [-0.25, -0.2) is 24.6 Å². The van der Waals surface area contributed by atoms with Crippen LogP contribution in [0.1, 0.15) is 40.4 Å². The van der Waals surface area contributed by atoms with E-state index in [9.17, 15) is 4.79 Å². The molecule has 48 heavy (non-hydrogen) atoms. The molecule has 0 radical (unpaired) electrons. The van der Waals surface area contributed by atoms with Gasteiger partial charge in [-0.15, -0.1) is 0 Å². The van der Waals surface area contributed by atoms with Gasteiger partial charge in [-0.05, 0) is 54.3 Å². The third-order valence-corrected chi connectivity index (χ3v) is 9.22. The molecule has 14 nitrogen and oxygen atoms in total. The molecule has 4 aromatic heterocycles. The van der Waals surface area contributed by atoms with Gasteiger partial charge < -0.3 is 25.7 Å². The Bertz CT molecular complexity index is 2130. The van der Waals surface area contributed by atoms with Gasteiger partial charge in [0.15, 0.2) is 11.2 Å². The van der Waals surface area contributed by atoms with Crippen molar-refractivity contribution in [2.75, 3.05) is 55.6 Å². The zero-order valence-electron chi connectivity index (χ0n) is 26.7. The minimum atomic E-state index is -0.0525. The van der Waals surface area contributed by atoms with E-state index in [2.05, 4.69) is 59.8 Å². The fraction of sp³-hybridized carbons (Fsp3) is 0.324. The summed E-state index contributed by atoms with van der Waals surface area (Å²) in [4.78, 5) is 42.1. The number of aromatic nitrogens is 7. The summed E-state index contributed by atoms with van der Waals surface area (Å²) in [5.74, 6) is 0.983. The summed E-state index contributed by atoms with van der Waals surface area (Å²) in [6, 6.07) is 12.1. The number of nitrogen functional groups attached to an aromatic ring is 2. The molecular weight excluding hydrogens is 608 g/mol. The number of anilines is 3. The lowest BCUT2D eigenvalue weighted by molar-refractivity contribution is 0.0734. The Morgan fingerprint density at radius 1 is 0.938 bits per heavy atom. The van der Waals surface area contributed by atoms with Gasteiger partial charge >= 0.3 is 0 Å². The third kappa shape index (κ3) is 5.53. The molecule has 8 rings (SSSR count). The van der Waals surface area contributed by atoms with Crippen LogP contribution in [0.3, 0.4) is 0 Å². The number of benzene rings is 2. The minimum absolute atomic E-state index is 0.0525. The molecule has 1 fully saturated rings. The van der Waals surface area contributed by atoms with Crippen molar-refractivity contribution in [1.82, 2.24) is 44.5 Å². The Morgan fingerprint density at radius 2 is 1.77 bits per heavy atom. The van der Waals surface area contributed by atoms with Crippen LogP contribution in [0, 0.1) is 0 Å². The highest BCUT2D eigenvalue weighted by molar-refractivity contribution is 5.99. The molecule has 0 atom stereocenters. The molecule has 2 aliphatic rings. The number of piperazine rings is 1. The Morgan fingerprint density at radius 3 is 2.58 bits per heavy atom. The number of nitrogens with two attached hydrogens (primary N) is 2. The maximum absolute atomic E-state index is 13.4. The summed E-state index contributed by atoms with van der Waals surface area (Å²) in [6.07, 6.45) is 6.69. The molecule has 0 spiro atoms. The number of nitrogens with zero attached hydrogens (tertiary/aromatic N) is 10. The summed E-state index contributed by atoms with van der Waals surface area (Å²) in [6.45, 7) is 8.77. The van der Waals surface area contributed by atoms with E-state index in [1.807, 2.05) is 27.8 Å². The number of amides is 1. The highest BCUT2D eigenvalue weighted by Gasteiger charge is 2.25. The van der Waals surface area contributed by atoms with Crippen LogP contribution >= 0.6 is 0 Å². The first-order chi connectivity index (χ1) is 23.4. The van der Waals surface area contributed by atoms with E-state index >= 15 is 0 Å². The second-order valence-electron chi connectivity index (χ2n) is 12.4. The maximum Gasteiger partial charge on any atom is 0.292 e. The molecule has 6 heterocycles. The van der Waals surface area contributed by atoms with E-state index in [0.717, 1.165) is 62.3 Å². The molecule has 14 heteroatoms. The number of carbonyl (C=O) groups excluding carboxylic acids is 1. The molecule has 2 aromatic carbocycles. The summed E-state index contributed by atoms with van der Waals surface area (Å²) < 4.78 is 7.28. The maximum atomic E-state index is 13.4. The topological polar surface area (TPSA) is 174 Å². The fourth-order valence-corrected chi connectivity index (χ4v) is 6.75. The van der Waals surface area contributed by atoms with Crippen molar-refractivity contribution in [3.05, 3.63) is 77.4 Å². The zero-order valence-corrected chi connectivity index (χ0v) is 26.7. The summed E-state index contributed by atoms with van der Waals surface area (Å²) >= 11 is 0. The Labute approximate surface area is 276 Å². The Hall–Kier alpha value is -5.63. The van der Waals surface area contributed by atoms with Crippen LogP contribution in [0.2, 0.25) is 0 Å². The first-order valence-electron chi connectivity index (χ1n) is 16.3. The smallest absolute Gasteiger partial charge is 0.292 e. The van der Waals surface area contributed by atoms with E-state index in [0.29, 0.717) is 64.8 Å². The lowest BCUT2D eigenvalue weighted by Crippen LogP contribution is -2.47. The van der Waals surface area contributed by atoms with Crippen LogP contribution in [0.25, 0.3) is 33.4 Å². The molecule has 0 bridgehead atoms. The summed E-state index contributed by atoms with van der Waals surface area (Å²) in [5.41, 5.74) is 19.3. The second-order valence-corrected chi connectivity index (χ2v) is 12.4. The molecule has 4 N–H and O–H groups in total. The molecule has 1 saturated heterocycles. The van der Waals surface area contributed by atoms with E-state index in [1.165, 1.54) is 11.9 Å². The summed E-state index contributed by atoms with van der Waals surface area (Å²) in [7, 11) is 0. The first-order valence-corrected chi connectivity index (χ1v) is 16.3. The van der Waals surface area contributed by atoms with Gasteiger partial charge in [-0.3, -0.25) is 9.69 Å². The quantitative estimate of drug-likeness (QED) is 0.260. The summed E-state index contributed by atoms with van der Waals surface area (Å²) in [5, 5.41) is 5.60. The average molecular weight is 645 g/mol. The molecule has 1 amide bonds. The number of carbonyl (C=O) groups is 1. The van der Waals surface area contributed by atoms with Crippen LogP contribution < -0.4 is 16.4 Å². The second kappa shape index (κ2) is 12.2.